The van der Waals surface area contributed by atoms with Gasteiger partial charge in [0.1, 0.15) is 0 Å². The van der Waals surface area contributed by atoms with Crippen LogP contribution in [-0.2, 0) is 12.8 Å². The normalized spacial score (nSPS) is 11.4. The van der Waals surface area contributed by atoms with Gasteiger partial charge in [-0.1, -0.05) is 90.9 Å². The molecule has 2 rings (SSSR count). The summed E-state index contributed by atoms with van der Waals surface area (Å²) >= 11 is 3.88. The van der Waals surface area contributed by atoms with Crippen molar-refractivity contribution in [2.45, 2.75) is 117 Å². The van der Waals surface area contributed by atoms with Crippen molar-refractivity contribution in [1.29, 1.82) is 0 Å². The first-order valence-electron chi connectivity index (χ1n) is 12.0. The van der Waals surface area contributed by atoms with E-state index in [2.05, 4.69) is 36.7 Å². The fourth-order valence-corrected chi connectivity index (χ4v) is 5.85. The van der Waals surface area contributed by atoms with E-state index < -0.39 is 0 Å². The molecule has 0 N–H and O–H groups in total. The van der Waals surface area contributed by atoms with Crippen LogP contribution in [0.2, 0.25) is 0 Å². The molecule has 0 aromatic carbocycles. The van der Waals surface area contributed by atoms with Crippen molar-refractivity contribution in [1.82, 2.24) is 0 Å². The van der Waals surface area contributed by atoms with Crippen molar-refractivity contribution in [3.8, 4) is 9.75 Å². The van der Waals surface area contributed by atoms with Crippen LogP contribution in [0.4, 0.5) is 0 Å². The first kappa shape index (κ1) is 23.7. The fraction of sp³-hybridized carbons (Fsp3) is 0.692. The summed E-state index contributed by atoms with van der Waals surface area (Å²) in [6, 6.07) is 4.90. The molecule has 0 amide bonds. The lowest BCUT2D eigenvalue weighted by Crippen LogP contribution is -1.84. The maximum Gasteiger partial charge on any atom is 0.0445 e. The van der Waals surface area contributed by atoms with Crippen LogP contribution in [0, 0.1) is 0 Å². The third-order valence-corrected chi connectivity index (χ3v) is 7.84. The van der Waals surface area contributed by atoms with Crippen LogP contribution in [0.1, 0.15) is 115 Å². The molecule has 0 saturated heterocycles. The number of hydrogen-bond donors (Lipinski definition) is 0. The molecule has 0 saturated carbocycles. The SMILES string of the molecule is CCCCCCCCCc1csc(-c2cc(CCCCCCCCC)cs2)c1. The van der Waals surface area contributed by atoms with Crippen LogP contribution in [0.3, 0.4) is 0 Å². The minimum atomic E-state index is 1.26. The summed E-state index contributed by atoms with van der Waals surface area (Å²) in [4.78, 5) is 2.96. The summed E-state index contributed by atoms with van der Waals surface area (Å²) in [7, 11) is 0. The molecule has 2 heterocycles. The molecule has 0 aliphatic carbocycles. The molecule has 2 heteroatoms. The van der Waals surface area contributed by atoms with E-state index in [0.29, 0.717) is 0 Å². The number of rotatable bonds is 17. The second-order valence-corrected chi connectivity index (χ2v) is 10.2. The number of thiophene rings is 2. The van der Waals surface area contributed by atoms with Gasteiger partial charge in [0.25, 0.3) is 0 Å². The van der Waals surface area contributed by atoms with Gasteiger partial charge in [0, 0.05) is 9.75 Å². The second kappa shape index (κ2) is 15.3. The average Bonchev–Trinajstić information content (AvgIpc) is 3.36. The highest BCUT2D eigenvalue weighted by atomic mass is 32.1. The highest BCUT2D eigenvalue weighted by Gasteiger charge is 2.06. The van der Waals surface area contributed by atoms with E-state index in [1.54, 1.807) is 11.1 Å². The predicted octanol–water partition coefficient (Wildman–Crippen LogP) is 10.1. The van der Waals surface area contributed by atoms with Gasteiger partial charge in [0.05, 0.1) is 0 Å². The number of hydrogen-bond acceptors (Lipinski definition) is 2. The Hall–Kier alpha value is -0.600. The standard InChI is InChI=1S/C26H42S2/c1-3-5-7-9-11-13-15-17-23-19-25(27-21-23)26-20-24(22-28-26)18-16-14-12-10-8-6-4-2/h19-22H,3-18H2,1-2H3. The topological polar surface area (TPSA) is 0 Å². The van der Waals surface area contributed by atoms with Crippen molar-refractivity contribution in [2.24, 2.45) is 0 Å². The fourth-order valence-electron chi connectivity index (χ4n) is 3.84. The van der Waals surface area contributed by atoms with Crippen LogP contribution >= 0.6 is 22.7 Å². The van der Waals surface area contributed by atoms with E-state index in [9.17, 15) is 0 Å². The van der Waals surface area contributed by atoms with Crippen LogP contribution < -0.4 is 0 Å². The Labute approximate surface area is 182 Å². The van der Waals surface area contributed by atoms with Crippen molar-refractivity contribution in [2.75, 3.05) is 0 Å². The second-order valence-electron chi connectivity index (χ2n) is 8.38. The van der Waals surface area contributed by atoms with E-state index in [1.807, 2.05) is 22.7 Å². The van der Waals surface area contributed by atoms with Gasteiger partial charge in [-0.15, -0.1) is 22.7 Å². The quantitative estimate of drug-likeness (QED) is 0.224. The van der Waals surface area contributed by atoms with Crippen LogP contribution in [0.15, 0.2) is 22.9 Å². The lowest BCUT2D eigenvalue weighted by Gasteiger charge is -2.00. The Balaban J connectivity index is 1.62. The van der Waals surface area contributed by atoms with Gasteiger partial charge in [-0.3, -0.25) is 0 Å². The van der Waals surface area contributed by atoms with Gasteiger partial charge < -0.3 is 0 Å². The summed E-state index contributed by atoms with van der Waals surface area (Å²) in [6.07, 6.45) is 22.1. The van der Waals surface area contributed by atoms with E-state index in [-0.39, 0.29) is 0 Å². The van der Waals surface area contributed by atoms with Crippen molar-refractivity contribution in [3.05, 3.63) is 34.0 Å². The molecular weight excluding hydrogens is 376 g/mol. The summed E-state index contributed by atoms with van der Waals surface area (Å²) in [5.41, 5.74) is 3.10. The Kier molecular flexibility index (Phi) is 12.9. The Morgan fingerprint density at radius 1 is 0.500 bits per heavy atom. The van der Waals surface area contributed by atoms with E-state index in [1.165, 1.54) is 112 Å². The summed E-state index contributed by atoms with van der Waals surface area (Å²) in [5.74, 6) is 0. The summed E-state index contributed by atoms with van der Waals surface area (Å²) in [6.45, 7) is 4.58. The van der Waals surface area contributed by atoms with Gasteiger partial charge in [-0.2, -0.15) is 0 Å². The molecule has 0 bridgehead atoms. The molecule has 2 aromatic rings. The van der Waals surface area contributed by atoms with Crippen molar-refractivity contribution in [3.63, 3.8) is 0 Å². The molecular formula is C26H42S2. The Morgan fingerprint density at radius 2 is 0.857 bits per heavy atom. The number of aryl methyl sites for hydroxylation is 2. The van der Waals surface area contributed by atoms with E-state index in [0.717, 1.165) is 0 Å². The highest BCUT2D eigenvalue weighted by Crippen LogP contribution is 2.33. The maximum absolute atomic E-state index is 2.45. The molecule has 0 unspecified atom stereocenters. The van der Waals surface area contributed by atoms with E-state index >= 15 is 0 Å². The first-order chi connectivity index (χ1) is 13.8. The molecule has 0 fully saturated rings. The minimum Gasteiger partial charge on any atom is -0.143 e. The zero-order valence-electron chi connectivity index (χ0n) is 18.4. The number of unbranched alkanes of at least 4 members (excludes halogenated alkanes) is 12. The van der Waals surface area contributed by atoms with Crippen LogP contribution in [0.5, 0.6) is 0 Å². The van der Waals surface area contributed by atoms with Gasteiger partial charge >= 0.3 is 0 Å². The molecule has 28 heavy (non-hydrogen) atoms. The molecule has 0 aliphatic heterocycles. The van der Waals surface area contributed by atoms with Gasteiger partial charge in [-0.05, 0) is 59.7 Å². The van der Waals surface area contributed by atoms with Gasteiger partial charge in [0.2, 0.25) is 0 Å². The lowest BCUT2D eigenvalue weighted by molar-refractivity contribution is 0.589. The predicted molar refractivity (Wildman–Crippen MR) is 131 cm³/mol. The molecule has 158 valence electrons. The zero-order chi connectivity index (χ0) is 19.9. The molecule has 2 aromatic heterocycles. The monoisotopic (exact) mass is 418 g/mol. The highest BCUT2D eigenvalue weighted by molar-refractivity contribution is 7.20. The Bertz CT molecular complexity index is 553. The molecule has 0 nitrogen and oxygen atoms in total. The molecule has 0 aliphatic rings. The Morgan fingerprint density at radius 3 is 1.25 bits per heavy atom. The van der Waals surface area contributed by atoms with Gasteiger partial charge in [-0.25, -0.2) is 0 Å². The summed E-state index contributed by atoms with van der Waals surface area (Å²) < 4.78 is 0. The zero-order valence-corrected chi connectivity index (χ0v) is 20.1. The average molecular weight is 419 g/mol. The maximum atomic E-state index is 2.45. The third-order valence-electron chi connectivity index (χ3n) is 5.69. The van der Waals surface area contributed by atoms with Crippen molar-refractivity contribution < 1.29 is 0 Å². The van der Waals surface area contributed by atoms with E-state index in [4.69, 9.17) is 0 Å². The first-order valence-corrected chi connectivity index (χ1v) is 13.7. The largest absolute Gasteiger partial charge is 0.143 e. The van der Waals surface area contributed by atoms with Gasteiger partial charge in [0.15, 0.2) is 0 Å². The molecule has 0 radical (unpaired) electrons. The minimum absolute atomic E-state index is 1.26. The lowest BCUT2D eigenvalue weighted by atomic mass is 10.1. The molecule has 0 atom stereocenters. The van der Waals surface area contributed by atoms with Crippen LogP contribution in [-0.4, -0.2) is 0 Å². The summed E-state index contributed by atoms with van der Waals surface area (Å²) in [5, 5.41) is 4.78. The van der Waals surface area contributed by atoms with Crippen molar-refractivity contribution >= 4 is 22.7 Å². The third kappa shape index (κ3) is 9.74. The smallest absolute Gasteiger partial charge is 0.0445 e. The van der Waals surface area contributed by atoms with Crippen LogP contribution in [0.25, 0.3) is 9.75 Å². The molecule has 0 spiro atoms.